The molecule has 60 heavy (non-hydrogen) atoms. The van der Waals surface area contributed by atoms with Crippen molar-refractivity contribution in [3.05, 3.63) is 189 Å². The molecule has 11 rings (SSSR count). The molecule has 0 fully saturated rings. The molecule has 6 aromatic heterocycles. The van der Waals surface area contributed by atoms with Gasteiger partial charge in [0.1, 0.15) is 11.4 Å². The fourth-order valence-electron chi connectivity index (χ4n) is 7.56. The summed E-state index contributed by atoms with van der Waals surface area (Å²) in [5, 5.41) is 1.97. The highest BCUT2D eigenvalue weighted by Gasteiger charge is 2.26. The molecule has 0 N–H and O–H groups in total. The molecule has 0 radical (unpaired) electrons. The SMILES string of the molecule is c1ccc(-c2nc(-c3cccnc3)cc(-c3cc(-c4cc(-c5cccnc5)nc(-c5ccccn5)n4)c4ccc(N5c6ccccc6Oc6ccccc65)cc4c3)n2)nc1. The van der Waals surface area contributed by atoms with Crippen LogP contribution in [-0.2, 0) is 0 Å². The topological polar surface area (TPSA) is 116 Å². The fourth-order valence-corrected chi connectivity index (χ4v) is 7.56. The molecule has 0 spiro atoms. The van der Waals surface area contributed by atoms with Crippen LogP contribution in [0.1, 0.15) is 0 Å². The molecule has 0 unspecified atom stereocenters. The van der Waals surface area contributed by atoms with E-state index >= 15 is 0 Å². The van der Waals surface area contributed by atoms with E-state index in [4.69, 9.17) is 24.7 Å². The molecule has 10 aromatic rings. The highest BCUT2D eigenvalue weighted by atomic mass is 16.5. The summed E-state index contributed by atoms with van der Waals surface area (Å²) >= 11 is 0. The Morgan fingerprint density at radius 3 is 1.52 bits per heavy atom. The predicted molar refractivity (Wildman–Crippen MR) is 234 cm³/mol. The molecule has 10 heteroatoms. The number of fused-ring (bicyclic) bond motifs is 3. The van der Waals surface area contributed by atoms with Crippen LogP contribution in [0.4, 0.5) is 17.1 Å². The first kappa shape index (κ1) is 34.7. The van der Waals surface area contributed by atoms with Crippen molar-refractivity contribution < 1.29 is 4.74 Å². The summed E-state index contributed by atoms with van der Waals surface area (Å²) in [6, 6.07) is 50.4. The molecule has 0 amide bonds. The van der Waals surface area contributed by atoms with Crippen LogP contribution in [-0.4, -0.2) is 39.9 Å². The summed E-state index contributed by atoms with van der Waals surface area (Å²) in [5.41, 5.74) is 10.5. The monoisotopic (exact) mass is 773 g/mol. The third-order valence-corrected chi connectivity index (χ3v) is 10.4. The maximum atomic E-state index is 6.37. The van der Waals surface area contributed by atoms with Gasteiger partial charge in [-0.15, -0.1) is 0 Å². The Morgan fingerprint density at radius 1 is 0.400 bits per heavy atom. The Labute approximate surface area is 344 Å². The Bertz CT molecular complexity index is 3030. The van der Waals surface area contributed by atoms with E-state index in [1.165, 1.54) is 0 Å². The molecule has 0 saturated carbocycles. The van der Waals surface area contributed by atoms with Gasteiger partial charge in [-0.2, -0.15) is 0 Å². The Kier molecular flexibility index (Phi) is 8.55. The van der Waals surface area contributed by atoms with E-state index in [-0.39, 0.29) is 0 Å². The first-order chi connectivity index (χ1) is 29.7. The van der Waals surface area contributed by atoms with Gasteiger partial charge < -0.3 is 9.64 Å². The second-order valence-corrected chi connectivity index (χ2v) is 14.1. The lowest BCUT2D eigenvalue weighted by Gasteiger charge is -2.33. The molecule has 10 nitrogen and oxygen atoms in total. The van der Waals surface area contributed by atoms with Gasteiger partial charge in [0.2, 0.25) is 0 Å². The molecule has 0 atom stereocenters. The van der Waals surface area contributed by atoms with Crippen LogP contribution in [0.5, 0.6) is 11.5 Å². The zero-order valence-corrected chi connectivity index (χ0v) is 31.8. The zero-order valence-electron chi connectivity index (χ0n) is 31.8. The number of benzene rings is 4. The van der Waals surface area contributed by atoms with E-state index in [0.29, 0.717) is 28.7 Å². The lowest BCUT2D eigenvalue weighted by molar-refractivity contribution is 0.477. The molecule has 1 aliphatic rings. The van der Waals surface area contributed by atoms with Crippen molar-refractivity contribution in [2.24, 2.45) is 0 Å². The van der Waals surface area contributed by atoms with Crippen LogP contribution >= 0.6 is 0 Å². The Morgan fingerprint density at radius 2 is 0.950 bits per heavy atom. The highest BCUT2D eigenvalue weighted by molar-refractivity contribution is 6.02. The number of hydrogen-bond acceptors (Lipinski definition) is 10. The van der Waals surface area contributed by atoms with Gasteiger partial charge in [-0.3, -0.25) is 19.9 Å². The lowest BCUT2D eigenvalue weighted by atomic mass is 9.95. The summed E-state index contributed by atoms with van der Waals surface area (Å²) in [5.74, 6) is 2.56. The molecule has 7 heterocycles. The largest absolute Gasteiger partial charge is 0.453 e. The molecule has 0 aliphatic carbocycles. The number of ether oxygens (including phenoxy) is 1. The average Bonchev–Trinajstić information content (AvgIpc) is 3.33. The average molecular weight is 774 g/mol. The van der Waals surface area contributed by atoms with E-state index < -0.39 is 0 Å². The molecule has 4 aromatic carbocycles. The predicted octanol–water partition coefficient (Wildman–Crippen LogP) is 11.6. The van der Waals surface area contributed by atoms with Gasteiger partial charge in [-0.1, -0.05) is 42.5 Å². The quantitative estimate of drug-likeness (QED) is 0.155. The van der Waals surface area contributed by atoms with Gasteiger partial charge >= 0.3 is 0 Å². The summed E-state index contributed by atoms with van der Waals surface area (Å²) in [4.78, 5) is 40.7. The Balaban J connectivity index is 1.18. The molecular formula is C50H31N9O. The molecule has 282 valence electrons. The smallest absolute Gasteiger partial charge is 0.179 e. The van der Waals surface area contributed by atoms with Crippen molar-refractivity contribution in [3.8, 4) is 79.6 Å². The fraction of sp³-hybridized carbons (Fsp3) is 0. The summed E-state index contributed by atoms with van der Waals surface area (Å²) < 4.78 is 6.37. The van der Waals surface area contributed by atoms with Gasteiger partial charge in [-0.05, 0) is 120 Å². The van der Waals surface area contributed by atoms with Crippen molar-refractivity contribution in [2.45, 2.75) is 0 Å². The first-order valence-corrected chi connectivity index (χ1v) is 19.4. The maximum Gasteiger partial charge on any atom is 0.179 e. The normalized spacial score (nSPS) is 11.8. The van der Waals surface area contributed by atoms with Crippen LogP contribution in [0.2, 0.25) is 0 Å². The number of hydrogen-bond donors (Lipinski definition) is 0. The third kappa shape index (κ3) is 6.44. The van der Waals surface area contributed by atoms with E-state index in [1.54, 1.807) is 24.8 Å². The lowest BCUT2D eigenvalue weighted by Crippen LogP contribution is -2.15. The Hall–Kier alpha value is -8.50. The van der Waals surface area contributed by atoms with E-state index in [1.807, 2.05) is 122 Å². The maximum absolute atomic E-state index is 6.37. The second-order valence-electron chi connectivity index (χ2n) is 14.1. The molecular weight excluding hydrogens is 743 g/mol. The minimum absolute atomic E-state index is 0.502. The second kappa shape index (κ2) is 14.8. The number of anilines is 3. The van der Waals surface area contributed by atoms with Crippen LogP contribution in [0.25, 0.3) is 78.8 Å². The summed E-state index contributed by atoms with van der Waals surface area (Å²) in [6.07, 6.45) is 10.6. The standard InChI is InChI=1S/C50H31N9O/c1-3-17-47-45(15-1)59(46-16-2-4-18-48(46)60-47)36-19-20-37-34(26-36)25-35(43-28-41(32-11-9-21-51-30-32)55-49(57-43)39-13-5-7-23-53-39)27-38(37)44-29-42(33-12-10-22-52-31-33)56-50(58-44)40-14-6-8-24-54-40/h1-31H. The van der Waals surface area contributed by atoms with Gasteiger partial charge in [0.15, 0.2) is 23.1 Å². The third-order valence-electron chi connectivity index (χ3n) is 10.4. The van der Waals surface area contributed by atoms with Crippen molar-refractivity contribution in [1.82, 2.24) is 39.9 Å². The summed E-state index contributed by atoms with van der Waals surface area (Å²) in [7, 11) is 0. The minimum Gasteiger partial charge on any atom is -0.453 e. The van der Waals surface area contributed by atoms with Crippen molar-refractivity contribution in [1.29, 1.82) is 0 Å². The van der Waals surface area contributed by atoms with Gasteiger partial charge in [0, 0.05) is 65.1 Å². The molecule has 0 bridgehead atoms. The van der Waals surface area contributed by atoms with Crippen LogP contribution < -0.4 is 9.64 Å². The van der Waals surface area contributed by atoms with Crippen molar-refractivity contribution >= 4 is 27.8 Å². The van der Waals surface area contributed by atoms with Crippen LogP contribution in [0, 0.1) is 0 Å². The van der Waals surface area contributed by atoms with Gasteiger partial charge in [0.05, 0.1) is 34.2 Å². The number of nitrogens with zero attached hydrogens (tertiary/aromatic N) is 9. The number of para-hydroxylation sites is 4. The van der Waals surface area contributed by atoms with E-state index in [0.717, 1.165) is 78.7 Å². The number of rotatable bonds is 7. The number of aromatic nitrogens is 8. The summed E-state index contributed by atoms with van der Waals surface area (Å²) in [6.45, 7) is 0. The number of pyridine rings is 4. The van der Waals surface area contributed by atoms with Gasteiger partial charge in [0.25, 0.3) is 0 Å². The van der Waals surface area contributed by atoms with Gasteiger partial charge in [-0.25, -0.2) is 19.9 Å². The highest BCUT2D eigenvalue weighted by Crippen LogP contribution is 2.51. The van der Waals surface area contributed by atoms with Crippen molar-refractivity contribution in [3.63, 3.8) is 0 Å². The zero-order chi connectivity index (χ0) is 39.8. The van der Waals surface area contributed by atoms with Crippen LogP contribution in [0.3, 0.4) is 0 Å². The van der Waals surface area contributed by atoms with Crippen molar-refractivity contribution in [2.75, 3.05) is 4.90 Å². The van der Waals surface area contributed by atoms with Crippen LogP contribution in [0.15, 0.2) is 189 Å². The first-order valence-electron chi connectivity index (χ1n) is 19.4. The molecule has 0 saturated heterocycles. The van der Waals surface area contributed by atoms with E-state index in [9.17, 15) is 0 Å². The molecule has 1 aliphatic heterocycles. The van der Waals surface area contributed by atoms with E-state index in [2.05, 4.69) is 67.3 Å². The minimum atomic E-state index is 0.502.